The lowest BCUT2D eigenvalue weighted by Gasteiger charge is -2.20. The van der Waals surface area contributed by atoms with E-state index in [9.17, 15) is 8.78 Å². The summed E-state index contributed by atoms with van der Waals surface area (Å²) in [5, 5.41) is 0. The van der Waals surface area contributed by atoms with Gasteiger partial charge in [0.1, 0.15) is 5.82 Å². The standard InChI is InChI=1S/C17H19F2N3O/c1-23-13-10-16(17-20-6-7-21-17)22(11-13)8-2-3-12-4-5-14(18)15(19)9-12/h2-7,9,13,16H,8,10-11H2,1H3,(H,20,21)/t13-,16?/m1/s1. The molecule has 1 fully saturated rings. The highest BCUT2D eigenvalue weighted by molar-refractivity contribution is 5.49. The fourth-order valence-electron chi connectivity index (χ4n) is 2.92. The van der Waals surface area contributed by atoms with Gasteiger partial charge < -0.3 is 9.72 Å². The molecule has 122 valence electrons. The first-order valence-electron chi connectivity index (χ1n) is 7.55. The Hall–Kier alpha value is -2.05. The van der Waals surface area contributed by atoms with Crippen molar-refractivity contribution in [3.63, 3.8) is 0 Å². The van der Waals surface area contributed by atoms with Crippen LogP contribution in [0.2, 0.25) is 0 Å². The van der Waals surface area contributed by atoms with Gasteiger partial charge in [-0.1, -0.05) is 18.2 Å². The van der Waals surface area contributed by atoms with E-state index in [2.05, 4.69) is 14.9 Å². The van der Waals surface area contributed by atoms with Crippen LogP contribution >= 0.6 is 0 Å². The number of hydrogen-bond acceptors (Lipinski definition) is 3. The number of benzene rings is 1. The van der Waals surface area contributed by atoms with Crippen LogP contribution in [-0.2, 0) is 4.74 Å². The fourth-order valence-corrected chi connectivity index (χ4v) is 2.92. The number of H-pyrrole nitrogens is 1. The average molecular weight is 319 g/mol. The van der Waals surface area contributed by atoms with Gasteiger partial charge in [-0.2, -0.15) is 0 Å². The molecule has 0 spiro atoms. The van der Waals surface area contributed by atoms with E-state index < -0.39 is 11.6 Å². The molecule has 6 heteroatoms. The highest BCUT2D eigenvalue weighted by atomic mass is 19.2. The third kappa shape index (κ3) is 3.65. The van der Waals surface area contributed by atoms with Crippen LogP contribution in [0.5, 0.6) is 0 Å². The number of aromatic amines is 1. The Bertz CT molecular complexity index is 672. The van der Waals surface area contributed by atoms with Gasteiger partial charge in [-0.15, -0.1) is 0 Å². The molecule has 2 atom stereocenters. The first-order chi connectivity index (χ1) is 11.2. The number of aromatic nitrogens is 2. The largest absolute Gasteiger partial charge is 0.380 e. The van der Waals surface area contributed by atoms with E-state index >= 15 is 0 Å². The number of methoxy groups -OCH3 is 1. The average Bonchev–Trinajstić information content (AvgIpc) is 3.19. The van der Waals surface area contributed by atoms with Gasteiger partial charge >= 0.3 is 0 Å². The first kappa shape index (κ1) is 15.8. The summed E-state index contributed by atoms with van der Waals surface area (Å²) in [6.07, 6.45) is 8.34. The molecule has 1 aliphatic heterocycles. The molecule has 0 bridgehead atoms. The lowest BCUT2D eigenvalue weighted by atomic mass is 10.2. The van der Waals surface area contributed by atoms with Gasteiger partial charge in [0, 0.05) is 32.6 Å². The summed E-state index contributed by atoms with van der Waals surface area (Å²) < 4.78 is 31.6. The van der Waals surface area contributed by atoms with Crippen LogP contribution in [0.4, 0.5) is 8.78 Å². The van der Waals surface area contributed by atoms with Crippen molar-refractivity contribution in [3.05, 3.63) is 59.7 Å². The molecule has 2 aromatic rings. The molecule has 2 heterocycles. The quantitative estimate of drug-likeness (QED) is 0.920. The lowest BCUT2D eigenvalue weighted by molar-refractivity contribution is 0.109. The van der Waals surface area contributed by atoms with Gasteiger partial charge in [-0.05, 0) is 24.1 Å². The van der Waals surface area contributed by atoms with E-state index in [1.165, 1.54) is 6.07 Å². The molecule has 3 rings (SSSR count). The van der Waals surface area contributed by atoms with Gasteiger partial charge in [-0.25, -0.2) is 13.8 Å². The van der Waals surface area contributed by atoms with Crippen molar-refractivity contribution in [2.24, 2.45) is 0 Å². The molecule has 1 aromatic carbocycles. The van der Waals surface area contributed by atoms with Crippen LogP contribution in [0, 0.1) is 11.6 Å². The van der Waals surface area contributed by atoms with Crippen molar-refractivity contribution in [3.8, 4) is 0 Å². The molecule has 0 saturated carbocycles. The molecule has 1 N–H and O–H groups in total. The Morgan fingerprint density at radius 2 is 2.26 bits per heavy atom. The molecular formula is C17H19F2N3O. The summed E-state index contributed by atoms with van der Waals surface area (Å²) in [7, 11) is 1.71. The molecular weight excluding hydrogens is 300 g/mol. The molecule has 1 unspecified atom stereocenters. The number of ether oxygens (including phenoxy) is 1. The van der Waals surface area contributed by atoms with Crippen molar-refractivity contribution >= 4 is 6.08 Å². The smallest absolute Gasteiger partial charge is 0.159 e. The van der Waals surface area contributed by atoms with Crippen LogP contribution < -0.4 is 0 Å². The zero-order valence-corrected chi connectivity index (χ0v) is 12.9. The number of hydrogen-bond donors (Lipinski definition) is 1. The molecule has 23 heavy (non-hydrogen) atoms. The van der Waals surface area contributed by atoms with Crippen molar-refractivity contribution in [2.75, 3.05) is 20.2 Å². The molecule has 0 aliphatic carbocycles. The summed E-state index contributed by atoms with van der Waals surface area (Å²) in [5.41, 5.74) is 0.640. The molecule has 1 aromatic heterocycles. The second-order valence-corrected chi connectivity index (χ2v) is 5.61. The maximum Gasteiger partial charge on any atom is 0.159 e. The van der Waals surface area contributed by atoms with E-state index in [0.29, 0.717) is 12.1 Å². The van der Waals surface area contributed by atoms with E-state index in [-0.39, 0.29) is 12.1 Å². The molecule has 0 radical (unpaired) electrons. The Kier molecular flexibility index (Phi) is 4.83. The third-order valence-electron chi connectivity index (χ3n) is 4.13. The van der Waals surface area contributed by atoms with Gasteiger partial charge in [-0.3, -0.25) is 4.90 Å². The van der Waals surface area contributed by atoms with Gasteiger partial charge in [0.2, 0.25) is 0 Å². The van der Waals surface area contributed by atoms with Gasteiger partial charge in [0.05, 0.1) is 12.1 Å². The van der Waals surface area contributed by atoms with Crippen LogP contribution in [0.1, 0.15) is 23.9 Å². The van der Waals surface area contributed by atoms with Crippen LogP contribution in [0.25, 0.3) is 6.08 Å². The normalized spacial score (nSPS) is 22.2. The van der Waals surface area contributed by atoms with Crippen molar-refractivity contribution in [1.29, 1.82) is 0 Å². The number of rotatable bonds is 5. The Labute approximate surface area is 133 Å². The van der Waals surface area contributed by atoms with Crippen molar-refractivity contribution in [1.82, 2.24) is 14.9 Å². The van der Waals surface area contributed by atoms with E-state index in [1.807, 2.05) is 12.3 Å². The predicted octanol–water partition coefficient (Wildman–Crippen LogP) is 3.16. The van der Waals surface area contributed by atoms with E-state index in [4.69, 9.17) is 4.74 Å². The molecule has 0 amide bonds. The minimum absolute atomic E-state index is 0.168. The summed E-state index contributed by atoms with van der Waals surface area (Å²) in [4.78, 5) is 9.74. The lowest BCUT2D eigenvalue weighted by Crippen LogP contribution is -2.25. The number of nitrogens with zero attached hydrogens (tertiary/aromatic N) is 2. The number of imidazole rings is 1. The predicted molar refractivity (Wildman–Crippen MR) is 83.7 cm³/mol. The third-order valence-corrected chi connectivity index (χ3v) is 4.13. The second kappa shape index (κ2) is 7.02. The first-order valence-corrected chi connectivity index (χ1v) is 7.55. The van der Waals surface area contributed by atoms with Crippen LogP contribution in [0.15, 0.2) is 36.7 Å². The molecule has 1 aliphatic rings. The van der Waals surface area contributed by atoms with Gasteiger partial charge in [0.15, 0.2) is 11.6 Å². The number of halogens is 2. The van der Waals surface area contributed by atoms with Crippen molar-refractivity contribution < 1.29 is 13.5 Å². The highest BCUT2D eigenvalue weighted by Crippen LogP contribution is 2.31. The SMILES string of the molecule is CO[C@@H]1CC(c2ncc[nH]2)N(CC=Cc2ccc(F)c(F)c2)C1. The topological polar surface area (TPSA) is 41.1 Å². The summed E-state index contributed by atoms with van der Waals surface area (Å²) in [6.45, 7) is 1.49. The second-order valence-electron chi connectivity index (χ2n) is 5.61. The zero-order valence-electron chi connectivity index (χ0n) is 12.9. The Balaban J connectivity index is 1.67. The number of nitrogens with one attached hydrogen (secondary N) is 1. The zero-order chi connectivity index (χ0) is 16.2. The van der Waals surface area contributed by atoms with E-state index in [0.717, 1.165) is 24.9 Å². The van der Waals surface area contributed by atoms with E-state index in [1.54, 1.807) is 25.4 Å². The summed E-state index contributed by atoms with van der Waals surface area (Å²) >= 11 is 0. The van der Waals surface area contributed by atoms with Crippen LogP contribution in [0.3, 0.4) is 0 Å². The summed E-state index contributed by atoms with van der Waals surface area (Å²) in [6, 6.07) is 4.06. The maximum absolute atomic E-state index is 13.2. The van der Waals surface area contributed by atoms with Gasteiger partial charge in [0.25, 0.3) is 0 Å². The Morgan fingerprint density at radius 3 is 2.96 bits per heavy atom. The number of likely N-dealkylation sites (tertiary alicyclic amines) is 1. The minimum Gasteiger partial charge on any atom is -0.380 e. The highest BCUT2D eigenvalue weighted by Gasteiger charge is 2.33. The monoisotopic (exact) mass is 319 g/mol. The molecule has 1 saturated heterocycles. The summed E-state index contributed by atoms with van der Waals surface area (Å²) in [5.74, 6) is -0.741. The molecule has 4 nitrogen and oxygen atoms in total. The van der Waals surface area contributed by atoms with Crippen molar-refractivity contribution in [2.45, 2.75) is 18.6 Å². The minimum atomic E-state index is -0.832. The van der Waals surface area contributed by atoms with Crippen LogP contribution in [-0.4, -0.2) is 41.2 Å². The Morgan fingerprint density at radius 1 is 1.39 bits per heavy atom. The fraction of sp³-hybridized carbons (Fsp3) is 0.353. The maximum atomic E-state index is 13.2.